The van der Waals surface area contributed by atoms with E-state index in [9.17, 15) is 0 Å². The van der Waals surface area contributed by atoms with Crippen molar-refractivity contribution in [2.75, 3.05) is 6.66 Å². The molecule has 2 aliphatic heterocycles. The number of fused-ring (bicyclic) bond motifs is 14. The zero-order valence-electron chi connectivity index (χ0n) is 29.8. The van der Waals surface area contributed by atoms with Gasteiger partial charge in [0.25, 0.3) is 0 Å². The molecule has 2 heterocycles. The lowest BCUT2D eigenvalue weighted by molar-refractivity contribution is 0.747. The van der Waals surface area contributed by atoms with Crippen molar-refractivity contribution in [1.82, 2.24) is 0 Å². The van der Waals surface area contributed by atoms with Crippen LogP contribution in [0, 0.1) is 0 Å². The molecule has 0 spiro atoms. The van der Waals surface area contributed by atoms with Crippen molar-refractivity contribution >= 4 is 58.9 Å². The molecule has 0 saturated carbocycles. The first-order valence-corrected chi connectivity index (χ1v) is 22.0. The van der Waals surface area contributed by atoms with Crippen LogP contribution in [0.15, 0.2) is 146 Å². The molecule has 0 N–H and O–H groups in total. The van der Waals surface area contributed by atoms with Crippen molar-refractivity contribution in [3.63, 3.8) is 0 Å². The van der Waals surface area contributed by atoms with E-state index in [0.717, 1.165) is 12.3 Å². The summed E-state index contributed by atoms with van der Waals surface area (Å²) in [5.74, 6) is 0. The van der Waals surface area contributed by atoms with Crippen molar-refractivity contribution in [3.8, 4) is 22.3 Å². The fraction of sp³-hybridized carbons (Fsp3) is 0.184. The molecular weight excluding hydrogens is 650 g/mol. The second-order valence-corrected chi connectivity index (χ2v) is 21.3. The first-order valence-electron chi connectivity index (χ1n) is 18.4. The first kappa shape index (κ1) is 31.4. The van der Waals surface area contributed by atoms with Crippen molar-refractivity contribution < 1.29 is 0 Å². The van der Waals surface area contributed by atoms with Crippen LogP contribution in [0.3, 0.4) is 0 Å². The summed E-state index contributed by atoms with van der Waals surface area (Å²) in [7, 11) is -0.946. The molecule has 10 rings (SSSR count). The van der Waals surface area contributed by atoms with Gasteiger partial charge in [-0.15, -0.1) is 0 Å². The number of benzene rings is 8. The summed E-state index contributed by atoms with van der Waals surface area (Å²) in [5, 5.41) is 11.0. The molecule has 0 aliphatic carbocycles. The maximum absolute atomic E-state index is 2.63. The van der Waals surface area contributed by atoms with Gasteiger partial charge >= 0.3 is 0 Å². The van der Waals surface area contributed by atoms with Gasteiger partial charge in [0.1, 0.15) is 0 Å². The Morgan fingerprint density at radius 1 is 0.412 bits per heavy atom. The highest BCUT2D eigenvalue weighted by Crippen LogP contribution is 2.76. The average molecular weight is 693 g/mol. The first-order chi connectivity index (χ1) is 24.9. The largest absolute Gasteiger partial charge is 0.0967 e. The van der Waals surface area contributed by atoms with Crippen LogP contribution in [0.2, 0.25) is 0 Å². The second kappa shape index (κ2) is 11.9. The molecule has 2 aliphatic rings. The molecule has 4 atom stereocenters. The maximum atomic E-state index is 2.63. The summed E-state index contributed by atoms with van der Waals surface area (Å²) < 4.78 is 0. The standard InChI is InChI=1S/C49H42P2/c1-49(2,3)51-30-36-24-22-32-14-6-10-18-38(32)44(36)46-40-20-12-8-16-34(40)26-28-42(46)48(51)47-41-27-25-33-15-7-11-19-39(33)45(41)43-35(29-50(47)4)23-21-31-13-5-9-17-37(31)43/h5-28,47-48H,29-30H2,1-4H3/t47?,48?,50-,51-/m1/s1. The van der Waals surface area contributed by atoms with Crippen molar-refractivity contribution in [1.29, 1.82) is 0 Å². The smallest absolute Gasteiger partial charge is 0.0164 e. The van der Waals surface area contributed by atoms with E-state index in [2.05, 4.69) is 173 Å². The van der Waals surface area contributed by atoms with Crippen molar-refractivity contribution in [2.24, 2.45) is 0 Å². The highest BCUT2D eigenvalue weighted by molar-refractivity contribution is 7.62. The number of hydrogen-bond donors (Lipinski definition) is 0. The fourth-order valence-electron chi connectivity index (χ4n) is 9.58. The van der Waals surface area contributed by atoms with E-state index in [0.29, 0.717) is 11.3 Å². The lowest BCUT2D eigenvalue weighted by Crippen LogP contribution is -2.21. The monoisotopic (exact) mass is 692 g/mol. The Labute approximate surface area is 304 Å². The van der Waals surface area contributed by atoms with Gasteiger partial charge in [0.2, 0.25) is 0 Å². The minimum Gasteiger partial charge on any atom is -0.0967 e. The highest BCUT2D eigenvalue weighted by atomic mass is 31.1. The van der Waals surface area contributed by atoms with Gasteiger partial charge in [0.05, 0.1) is 0 Å². The molecule has 0 radical (unpaired) electrons. The zero-order valence-corrected chi connectivity index (χ0v) is 31.6. The topological polar surface area (TPSA) is 0 Å². The molecule has 0 fully saturated rings. The lowest BCUT2D eigenvalue weighted by Gasteiger charge is -2.44. The minimum atomic E-state index is -0.510. The van der Waals surface area contributed by atoms with Crippen LogP contribution >= 0.6 is 15.8 Å². The van der Waals surface area contributed by atoms with Crippen LogP contribution in [0.4, 0.5) is 0 Å². The number of hydrogen-bond acceptors (Lipinski definition) is 0. The van der Waals surface area contributed by atoms with Crippen LogP contribution in [-0.4, -0.2) is 11.8 Å². The molecule has 0 nitrogen and oxygen atoms in total. The van der Waals surface area contributed by atoms with E-state index in [-0.39, 0.29) is 5.16 Å². The normalized spacial score (nSPS) is 20.0. The summed E-state index contributed by atoms with van der Waals surface area (Å²) in [4.78, 5) is 0. The predicted molar refractivity (Wildman–Crippen MR) is 226 cm³/mol. The molecule has 248 valence electrons. The molecule has 51 heavy (non-hydrogen) atoms. The Hall–Kier alpha value is -4.34. The molecule has 0 saturated heterocycles. The van der Waals surface area contributed by atoms with E-state index in [4.69, 9.17) is 0 Å². The quantitative estimate of drug-likeness (QED) is 0.150. The highest BCUT2D eigenvalue weighted by Gasteiger charge is 2.45. The SMILES string of the molecule is C[P@]1Cc2ccc3ccccc3c2-c2c(ccc3ccccc23)C1C1c2ccc3ccccc3c2-c2c(ccc3ccccc23)C[P@@]1C(C)(C)C. The number of rotatable bonds is 1. The summed E-state index contributed by atoms with van der Waals surface area (Å²) in [5.41, 5.74) is 12.9. The van der Waals surface area contributed by atoms with Gasteiger partial charge in [0.15, 0.2) is 0 Å². The van der Waals surface area contributed by atoms with Crippen LogP contribution in [0.25, 0.3) is 65.3 Å². The Morgan fingerprint density at radius 2 is 0.784 bits per heavy atom. The van der Waals surface area contributed by atoms with Gasteiger partial charge in [-0.3, -0.25) is 0 Å². The molecule has 2 unspecified atom stereocenters. The zero-order chi connectivity index (χ0) is 34.4. The summed E-state index contributed by atoms with van der Waals surface area (Å²) in [6.07, 6.45) is 2.26. The predicted octanol–water partition coefficient (Wildman–Crippen LogP) is 14.8. The van der Waals surface area contributed by atoms with E-state index in [1.807, 2.05) is 0 Å². The summed E-state index contributed by atoms with van der Waals surface area (Å²) >= 11 is 0. The van der Waals surface area contributed by atoms with Crippen LogP contribution < -0.4 is 0 Å². The van der Waals surface area contributed by atoms with Gasteiger partial charge in [-0.05, 0) is 112 Å². The van der Waals surface area contributed by atoms with Crippen LogP contribution in [-0.2, 0) is 12.3 Å². The average Bonchev–Trinajstić information content (AvgIpc) is 3.38. The Bertz CT molecular complexity index is 2680. The third-order valence-corrected chi connectivity index (χ3v) is 18.1. The van der Waals surface area contributed by atoms with E-state index in [1.54, 1.807) is 11.1 Å². The second-order valence-electron chi connectivity index (χ2n) is 15.7. The molecule has 0 aromatic heterocycles. The maximum Gasteiger partial charge on any atom is 0.0164 e. The summed E-state index contributed by atoms with van der Waals surface area (Å²) in [6, 6.07) is 56.2. The molecule has 0 amide bonds. The van der Waals surface area contributed by atoms with Crippen molar-refractivity contribution in [3.05, 3.63) is 168 Å². The van der Waals surface area contributed by atoms with Gasteiger partial charge in [-0.1, -0.05) is 182 Å². The Kier molecular flexibility index (Phi) is 7.30. The van der Waals surface area contributed by atoms with Gasteiger partial charge in [-0.2, -0.15) is 0 Å². The van der Waals surface area contributed by atoms with E-state index < -0.39 is 15.8 Å². The van der Waals surface area contributed by atoms with Gasteiger partial charge in [0, 0.05) is 11.3 Å². The molecular formula is C49H42P2. The van der Waals surface area contributed by atoms with E-state index in [1.165, 1.54) is 76.5 Å². The van der Waals surface area contributed by atoms with Crippen LogP contribution in [0.1, 0.15) is 54.3 Å². The van der Waals surface area contributed by atoms with Crippen molar-refractivity contribution in [2.45, 2.75) is 49.6 Å². The third kappa shape index (κ3) is 4.87. The Balaban J connectivity index is 1.34. The molecule has 8 aromatic carbocycles. The lowest BCUT2D eigenvalue weighted by atomic mass is 9.83. The summed E-state index contributed by atoms with van der Waals surface area (Å²) in [6.45, 7) is 10.2. The third-order valence-electron chi connectivity index (χ3n) is 11.8. The molecule has 8 aromatic rings. The Morgan fingerprint density at radius 3 is 1.24 bits per heavy atom. The molecule has 0 bridgehead atoms. The van der Waals surface area contributed by atoms with Gasteiger partial charge < -0.3 is 0 Å². The fourth-order valence-corrected chi connectivity index (χ4v) is 16.3. The van der Waals surface area contributed by atoms with E-state index >= 15 is 0 Å². The molecule has 2 heteroatoms. The van der Waals surface area contributed by atoms with Gasteiger partial charge in [-0.25, -0.2) is 0 Å². The minimum absolute atomic E-state index is 0.148. The van der Waals surface area contributed by atoms with Crippen LogP contribution in [0.5, 0.6) is 0 Å².